The van der Waals surface area contributed by atoms with Crippen LogP contribution in [0.3, 0.4) is 0 Å². The summed E-state index contributed by atoms with van der Waals surface area (Å²) in [6, 6.07) is 6.42. The van der Waals surface area contributed by atoms with E-state index in [0.29, 0.717) is 6.54 Å². The maximum Gasteiger partial charge on any atom is 0.208 e. The van der Waals surface area contributed by atoms with Crippen molar-refractivity contribution < 1.29 is 8.42 Å². The van der Waals surface area contributed by atoms with E-state index in [0.717, 1.165) is 6.42 Å². The number of aryl methyl sites for hydroxylation is 1. The average Bonchev–Trinajstić information content (AvgIpc) is 2.17. The SMILES string of the molecule is Cc1cc(C(C)(C)C)ccc1CCNS(C)(=O)=O. The standard InChI is InChI=1S/C14H23NO2S/c1-11-10-13(14(2,3)4)7-6-12(11)8-9-15-18(5,16)17/h6-7,10,15H,8-9H2,1-5H3. The van der Waals surface area contributed by atoms with E-state index >= 15 is 0 Å². The number of benzene rings is 1. The molecular weight excluding hydrogens is 246 g/mol. The highest BCUT2D eigenvalue weighted by Crippen LogP contribution is 2.24. The van der Waals surface area contributed by atoms with E-state index < -0.39 is 10.0 Å². The first-order chi connectivity index (χ1) is 8.09. The highest BCUT2D eigenvalue weighted by Gasteiger charge is 2.14. The number of nitrogens with one attached hydrogen (secondary N) is 1. The largest absolute Gasteiger partial charge is 0.215 e. The van der Waals surface area contributed by atoms with E-state index in [9.17, 15) is 8.42 Å². The monoisotopic (exact) mass is 269 g/mol. The molecule has 1 N–H and O–H groups in total. The summed E-state index contributed by atoms with van der Waals surface area (Å²) in [5, 5.41) is 0. The van der Waals surface area contributed by atoms with Crippen LogP contribution in [0.1, 0.15) is 37.5 Å². The normalized spacial score (nSPS) is 12.7. The van der Waals surface area contributed by atoms with Crippen molar-refractivity contribution in [3.8, 4) is 0 Å². The highest BCUT2D eigenvalue weighted by atomic mass is 32.2. The molecule has 0 bridgehead atoms. The maximum atomic E-state index is 11.0. The van der Waals surface area contributed by atoms with Crippen LogP contribution >= 0.6 is 0 Å². The molecule has 0 aliphatic rings. The van der Waals surface area contributed by atoms with Gasteiger partial charge in [0.05, 0.1) is 6.26 Å². The third-order valence-corrected chi connectivity index (χ3v) is 3.70. The summed E-state index contributed by atoms with van der Waals surface area (Å²) in [4.78, 5) is 0. The lowest BCUT2D eigenvalue weighted by Crippen LogP contribution is -2.24. The van der Waals surface area contributed by atoms with E-state index in [1.807, 2.05) is 0 Å². The molecule has 0 heterocycles. The predicted octanol–water partition coefficient (Wildman–Crippen LogP) is 2.38. The van der Waals surface area contributed by atoms with Gasteiger partial charge in [-0.05, 0) is 35.4 Å². The molecule has 0 radical (unpaired) electrons. The Morgan fingerprint density at radius 2 is 1.83 bits per heavy atom. The topological polar surface area (TPSA) is 46.2 Å². The molecule has 0 amide bonds. The highest BCUT2D eigenvalue weighted by molar-refractivity contribution is 7.88. The predicted molar refractivity (Wildman–Crippen MR) is 76.4 cm³/mol. The van der Waals surface area contributed by atoms with Crippen LogP contribution in [0.4, 0.5) is 0 Å². The number of rotatable bonds is 4. The summed E-state index contributed by atoms with van der Waals surface area (Å²) in [6.45, 7) is 9.09. The van der Waals surface area contributed by atoms with Gasteiger partial charge in [-0.25, -0.2) is 13.1 Å². The Labute approximate surface area is 111 Å². The summed E-state index contributed by atoms with van der Waals surface area (Å²) < 4.78 is 24.5. The van der Waals surface area contributed by atoms with Crippen molar-refractivity contribution in [2.24, 2.45) is 0 Å². The fourth-order valence-electron chi connectivity index (χ4n) is 1.81. The second-order valence-electron chi connectivity index (χ2n) is 5.81. The first kappa shape index (κ1) is 15.2. The zero-order valence-corrected chi connectivity index (χ0v) is 12.7. The van der Waals surface area contributed by atoms with Gasteiger partial charge in [-0.1, -0.05) is 39.0 Å². The van der Waals surface area contributed by atoms with Crippen molar-refractivity contribution in [1.29, 1.82) is 0 Å². The van der Waals surface area contributed by atoms with Gasteiger partial charge < -0.3 is 0 Å². The van der Waals surface area contributed by atoms with Gasteiger partial charge in [-0.3, -0.25) is 0 Å². The zero-order chi connectivity index (χ0) is 14.0. The third-order valence-electron chi connectivity index (χ3n) is 2.97. The molecule has 0 aliphatic carbocycles. The summed E-state index contributed by atoms with van der Waals surface area (Å²) >= 11 is 0. The van der Waals surface area contributed by atoms with E-state index in [4.69, 9.17) is 0 Å². The number of hydrogen-bond acceptors (Lipinski definition) is 2. The van der Waals surface area contributed by atoms with Gasteiger partial charge in [0, 0.05) is 6.54 Å². The lowest BCUT2D eigenvalue weighted by Gasteiger charge is -2.20. The fourth-order valence-corrected chi connectivity index (χ4v) is 2.29. The Morgan fingerprint density at radius 3 is 2.28 bits per heavy atom. The van der Waals surface area contributed by atoms with Crippen molar-refractivity contribution >= 4 is 10.0 Å². The minimum absolute atomic E-state index is 0.147. The van der Waals surface area contributed by atoms with Gasteiger partial charge in [-0.2, -0.15) is 0 Å². The lowest BCUT2D eigenvalue weighted by atomic mass is 9.85. The second-order valence-corrected chi connectivity index (χ2v) is 7.64. The van der Waals surface area contributed by atoms with Crippen LogP contribution < -0.4 is 4.72 Å². The summed E-state index contributed by atoms with van der Waals surface area (Å²) in [7, 11) is -3.09. The lowest BCUT2D eigenvalue weighted by molar-refractivity contribution is 0.587. The molecule has 0 fully saturated rings. The van der Waals surface area contributed by atoms with Crippen LogP contribution in [0.2, 0.25) is 0 Å². The minimum atomic E-state index is -3.09. The van der Waals surface area contributed by atoms with Gasteiger partial charge in [0.25, 0.3) is 0 Å². The minimum Gasteiger partial charge on any atom is -0.215 e. The van der Waals surface area contributed by atoms with E-state index in [-0.39, 0.29) is 5.41 Å². The average molecular weight is 269 g/mol. The molecule has 1 aromatic rings. The van der Waals surface area contributed by atoms with Crippen LogP contribution in [-0.2, 0) is 21.9 Å². The summed E-state index contributed by atoms with van der Waals surface area (Å²) in [6.07, 6.45) is 1.91. The van der Waals surface area contributed by atoms with Crippen LogP contribution in [0.5, 0.6) is 0 Å². The van der Waals surface area contributed by atoms with Crippen LogP contribution in [0, 0.1) is 6.92 Å². The molecule has 0 spiro atoms. The van der Waals surface area contributed by atoms with E-state index in [2.05, 4.69) is 50.6 Å². The molecule has 18 heavy (non-hydrogen) atoms. The Kier molecular flexibility index (Phi) is 4.56. The molecule has 0 aromatic heterocycles. The molecule has 0 unspecified atom stereocenters. The van der Waals surface area contributed by atoms with Crippen LogP contribution in [0.15, 0.2) is 18.2 Å². The molecule has 0 saturated carbocycles. The molecule has 0 atom stereocenters. The molecule has 102 valence electrons. The first-order valence-corrected chi connectivity index (χ1v) is 8.03. The Morgan fingerprint density at radius 1 is 1.22 bits per heavy atom. The van der Waals surface area contributed by atoms with Crippen molar-refractivity contribution in [2.45, 2.75) is 39.5 Å². The molecule has 0 aliphatic heterocycles. The molecular formula is C14H23NO2S. The Hall–Kier alpha value is -0.870. The molecule has 4 heteroatoms. The van der Waals surface area contributed by atoms with Gasteiger partial charge in [0.2, 0.25) is 10.0 Å². The van der Waals surface area contributed by atoms with Gasteiger partial charge >= 0.3 is 0 Å². The van der Waals surface area contributed by atoms with Crippen LogP contribution in [-0.4, -0.2) is 21.2 Å². The Bertz CT molecular complexity index is 513. The van der Waals surface area contributed by atoms with Crippen molar-refractivity contribution in [3.05, 3.63) is 34.9 Å². The summed E-state index contributed by atoms with van der Waals surface area (Å²) in [5.74, 6) is 0. The smallest absolute Gasteiger partial charge is 0.208 e. The summed E-state index contributed by atoms with van der Waals surface area (Å²) in [5.41, 5.74) is 3.87. The first-order valence-electron chi connectivity index (χ1n) is 6.14. The van der Waals surface area contributed by atoms with Crippen molar-refractivity contribution in [1.82, 2.24) is 4.72 Å². The van der Waals surface area contributed by atoms with E-state index in [1.54, 1.807) is 0 Å². The molecule has 0 saturated heterocycles. The molecule has 3 nitrogen and oxygen atoms in total. The number of hydrogen-bond donors (Lipinski definition) is 1. The maximum absolute atomic E-state index is 11.0. The van der Waals surface area contributed by atoms with Gasteiger partial charge in [0.15, 0.2) is 0 Å². The van der Waals surface area contributed by atoms with Crippen LogP contribution in [0.25, 0.3) is 0 Å². The third kappa shape index (κ3) is 4.78. The van der Waals surface area contributed by atoms with Gasteiger partial charge in [-0.15, -0.1) is 0 Å². The number of sulfonamides is 1. The van der Waals surface area contributed by atoms with Crippen molar-refractivity contribution in [2.75, 3.05) is 12.8 Å². The fraction of sp³-hybridized carbons (Fsp3) is 0.571. The second kappa shape index (κ2) is 5.41. The Balaban J connectivity index is 2.75. The van der Waals surface area contributed by atoms with Gasteiger partial charge in [0.1, 0.15) is 0 Å². The molecule has 1 rings (SSSR count). The quantitative estimate of drug-likeness (QED) is 0.912. The van der Waals surface area contributed by atoms with Crippen molar-refractivity contribution in [3.63, 3.8) is 0 Å². The zero-order valence-electron chi connectivity index (χ0n) is 11.9. The molecule has 1 aromatic carbocycles. The van der Waals surface area contributed by atoms with E-state index in [1.165, 1.54) is 22.9 Å².